The first-order valence-electron chi connectivity index (χ1n) is 6.34. The largest absolute Gasteiger partial charge is 0.507 e. The molecule has 0 amide bonds. The Bertz CT molecular complexity index is 343. The van der Waals surface area contributed by atoms with Crippen LogP contribution in [0.2, 0.25) is 0 Å². The van der Waals surface area contributed by atoms with Crippen molar-refractivity contribution in [3.8, 4) is 5.75 Å². The average molecular weight is 219 g/mol. The van der Waals surface area contributed by atoms with E-state index in [0.29, 0.717) is 11.8 Å². The standard InChI is InChI=1S/C14H21NO/c1-2-11-6-5-7-12(14(11)16)10-13-8-3-4-9-15-13/h5-7,13,15-16H,2-4,8-10H2,1H3. The van der Waals surface area contributed by atoms with Gasteiger partial charge in [0.05, 0.1) is 0 Å². The number of phenols is 1. The monoisotopic (exact) mass is 219 g/mol. The lowest BCUT2D eigenvalue weighted by atomic mass is 9.95. The molecular weight excluding hydrogens is 198 g/mol. The smallest absolute Gasteiger partial charge is 0.121 e. The second-order valence-corrected chi connectivity index (χ2v) is 4.63. The van der Waals surface area contributed by atoms with Gasteiger partial charge >= 0.3 is 0 Å². The molecule has 0 bridgehead atoms. The SMILES string of the molecule is CCc1cccc(CC2CCCCN2)c1O. The zero-order chi connectivity index (χ0) is 11.4. The molecule has 1 atom stereocenters. The van der Waals surface area contributed by atoms with Gasteiger partial charge in [-0.05, 0) is 43.4 Å². The normalized spacial score (nSPS) is 20.9. The third-order valence-corrected chi connectivity index (χ3v) is 3.46. The molecule has 0 aliphatic carbocycles. The number of para-hydroxylation sites is 1. The van der Waals surface area contributed by atoms with Crippen LogP contribution in [0.3, 0.4) is 0 Å². The number of hydrogen-bond donors (Lipinski definition) is 2. The van der Waals surface area contributed by atoms with Crippen LogP contribution in [0.1, 0.15) is 37.3 Å². The maximum Gasteiger partial charge on any atom is 0.121 e. The van der Waals surface area contributed by atoms with Crippen molar-refractivity contribution in [3.63, 3.8) is 0 Å². The molecule has 2 heteroatoms. The van der Waals surface area contributed by atoms with Gasteiger partial charge in [0.1, 0.15) is 5.75 Å². The quantitative estimate of drug-likeness (QED) is 0.819. The number of rotatable bonds is 3. The van der Waals surface area contributed by atoms with Gasteiger partial charge in [0, 0.05) is 6.04 Å². The summed E-state index contributed by atoms with van der Waals surface area (Å²) < 4.78 is 0. The average Bonchev–Trinajstić information content (AvgIpc) is 2.33. The van der Waals surface area contributed by atoms with E-state index < -0.39 is 0 Å². The van der Waals surface area contributed by atoms with Crippen LogP contribution in [0, 0.1) is 0 Å². The minimum absolute atomic E-state index is 0.511. The fourth-order valence-electron chi connectivity index (χ4n) is 2.46. The number of phenolic OH excluding ortho intramolecular Hbond substituents is 1. The molecule has 2 rings (SSSR count). The lowest BCUT2D eigenvalue weighted by Crippen LogP contribution is -2.35. The van der Waals surface area contributed by atoms with Gasteiger partial charge in [0.2, 0.25) is 0 Å². The molecule has 1 saturated heterocycles. The minimum atomic E-state index is 0.511. The van der Waals surface area contributed by atoms with Crippen molar-refractivity contribution >= 4 is 0 Å². The van der Waals surface area contributed by atoms with E-state index in [9.17, 15) is 5.11 Å². The Balaban J connectivity index is 2.08. The van der Waals surface area contributed by atoms with Crippen LogP contribution in [0.15, 0.2) is 18.2 Å². The zero-order valence-corrected chi connectivity index (χ0v) is 10.00. The predicted molar refractivity (Wildman–Crippen MR) is 66.8 cm³/mol. The maximum atomic E-state index is 10.1. The summed E-state index contributed by atoms with van der Waals surface area (Å²) in [4.78, 5) is 0. The third-order valence-electron chi connectivity index (χ3n) is 3.46. The van der Waals surface area contributed by atoms with Crippen LogP contribution in [0.25, 0.3) is 0 Å². The number of aryl methyl sites for hydroxylation is 1. The van der Waals surface area contributed by atoms with Gasteiger partial charge < -0.3 is 10.4 Å². The first-order valence-corrected chi connectivity index (χ1v) is 6.34. The molecule has 16 heavy (non-hydrogen) atoms. The number of benzene rings is 1. The van der Waals surface area contributed by atoms with Gasteiger partial charge in [-0.15, -0.1) is 0 Å². The van der Waals surface area contributed by atoms with Crippen molar-refractivity contribution in [1.82, 2.24) is 5.32 Å². The van der Waals surface area contributed by atoms with Crippen molar-refractivity contribution in [1.29, 1.82) is 0 Å². The molecule has 0 radical (unpaired) electrons. The summed E-state index contributed by atoms with van der Waals surface area (Å²) in [6.45, 7) is 3.20. The summed E-state index contributed by atoms with van der Waals surface area (Å²) in [7, 11) is 0. The topological polar surface area (TPSA) is 32.3 Å². The summed E-state index contributed by atoms with van der Waals surface area (Å²) in [5.74, 6) is 0.511. The molecule has 2 nitrogen and oxygen atoms in total. The zero-order valence-electron chi connectivity index (χ0n) is 10.00. The molecule has 0 saturated carbocycles. The molecule has 1 heterocycles. The van der Waals surface area contributed by atoms with E-state index in [1.54, 1.807) is 0 Å². The molecule has 1 fully saturated rings. The number of piperidine rings is 1. The Hall–Kier alpha value is -1.02. The van der Waals surface area contributed by atoms with Crippen molar-refractivity contribution in [3.05, 3.63) is 29.3 Å². The molecule has 2 N–H and O–H groups in total. The van der Waals surface area contributed by atoms with Crippen molar-refractivity contribution in [2.45, 2.75) is 45.1 Å². The Morgan fingerprint density at radius 3 is 2.81 bits per heavy atom. The van der Waals surface area contributed by atoms with Gasteiger partial charge in [0.25, 0.3) is 0 Å². The summed E-state index contributed by atoms with van der Waals surface area (Å²) in [6, 6.07) is 6.65. The first kappa shape index (κ1) is 11.5. The van der Waals surface area contributed by atoms with Crippen LogP contribution < -0.4 is 5.32 Å². The second-order valence-electron chi connectivity index (χ2n) is 4.63. The highest BCUT2D eigenvalue weighted by atomic mass is 16.3. The molecule has 1 aliphatic heterocycles. The van der Waals surface area contributed by atoms with Crippen LogP contribution in [-0.4, -0.2) is 17.7 Å². The lowest BCUT2D eigenvalue weighted by molar-refractivity contribution is 0.391. The Morgan fingerprint density at radius 2 is 2.12 bits per heavy atom. The first-order chi connectivity index (χ1) is 7.81. The number of aromatic hydroxyl groups is 1. The van der Waals surface area contributed by atoms with Crippen molar-refractivity contribution in [2.75, 3.05) is 6.54 Å². The van der Waals surface area contributed by atoms with Gasteiger partial charge in [-0.3, -0.25) is 0 Å². The van der Waals surface area contributed by atoms with Gasteiger partial charge in [-0.2, -0.15) is 0 Å². The third kappa shape index (κ3) is 2.56. The molecule has 1 aromatic rings. The van der Waals surface area contributed by atoms with E-state index in [4.69, 9.17) is 0 Å². The highest BCUT2D eigenvalue weighted by molar-refractivity contribution is 5.40. The summed E-state index contributed by atoms with van der Waals surface area (Å²) in [6.07, 6.45) is 5.69. The number of hydrogen-bond acceptors (Lipinski definition) is 2. The molecular formula is C14H21NO. The van der Waals surface area contributed by atoms with Crippen LogP contribution >= 0.6 is 0 Å². The molecule has 88 valence electrons. The van der Waals surface area contributed by atoms with Gasteiger partial charge in [-0.25, -0.2) is 0 Å². The van der Waals surface area contributed by atoms with Crippen molar-refractivity contribution < 1.29 is 5.11 Å². The van der Waals surface area contributed by atoms with Crippen LogP contribution in [0.5, 0.6) is 5.75 Å². The summed E-state index contributed by atoms with van der Waals surface area (Å²) in [5.41, 5.74) is 2.16. The van der Waals surface area contributed by atoms with E-state index in [2.05, 4.69) is 18.3 Å². The Morgan fingerprint density at radius 1 is 1.31 bits per heavy atom. The number of nitrogens with one attached hydrogen (secondary N) is 1. The summed E-state index contributed by atoms with van der Waals surface area (Å²) in [5, 5.41) is 13.6. The van der Waals surface area contributed by atoms with Crippen molar-refractivity contribution in [2.24, 2.45) is 0 Å². The molecule has 0 aromatic heterocycles. The molecule has 1 aliphatic rings. The van der Waals surface area contributed by atoms with E-state index >= 15 is 0 Å². The van der Waals surface area contributed by atoms with Crippen LogP contribution in [0.4, 0.5) is 0 Å². The Kier molecular flexibility index (Phi) is 3.83. The molecule has 1 unspecified atom stereocenters. The van der Waals surface area contributed by atoms with E-state index in [0.717, 1.165) is 30.5 Å². The predicted octanol–water partition coefficient (Wildman–Crippen LogP) is 2.64. The fourth-order valence-corrected chi connectivity index (χ4v) is 2.46. The van der Waals surface area contributed by atoms with E-state index in [1.807, 2.05) is 12.1 Å². The lowest BCUT2D eigenvalue weighted by Gasteiger charge is -2.24. The molecule has 0 spiro atoms. The highest BCUT2D eigenvalue weighted by Gasteiger charge is 2.15. The second kappa shape index (κ2) is 5.35. The van der Waals surface area contributed by atoms with E-state index in [1.165, 1.54) is 19.3 Å². The highest BCUT2D eigenvalue weighted by Crippen LogP contribution is 2.25. The van der Waals surface area contributed by atoms with Gasteiger partial charge in [-0.1, -0.05) is 31.5 Å². The minimum Gasteiger partial charge on any atom is -0.507 e. The molecule has 1 aromatic carbocycles. The van der Waals surface area contributed by atoms with Crippen LogP contribution in [-0.2, 0) is 12.8 Å². The Labute approximate surface area is 97.7 Å². The maximum absolute atomic E-state index is 10.1. The summed E-state index contributed by atoms with van der Waals surface area (Å²) >= 11 is 0. The van der Waals surface area contributed by atoms with Gasteiger partial charge in [0.15, 0.2) is 0 Å². The van der Waals surface area contributed by atoms with E-state index in [-0.39, 0.29) is 0 Å². The fraction of sp³-hybridized carbons (Fsp3) is 0.571.